The summed E-state index contributed by atoms with van der Waals surface area (Å²) in [7, 11) is 3.09. The van der Waals surface area contributed by atoms with E-state index in [9.17, 15) is 9.59 Å². The molecule has 2 aromatic carbocycles. The average Bonchev–Trinajstić information content (AvgIpc) is 2.71. The Morgan fingerprint density at radius 1 is 1.08 bits per heavy atom. The number of fused-ring (bicyclic) bond motifs is 1. The van der Waals surface area contributed by atoms with Crippen LogP contribution in [-0.2, 0) is 21.5 Å². The second-order valence-corrected chi connectivity index (χ2v) is 5.91. The van der Waals surface area contributed by atoms with Crippen LogP contribution in [0.5, 0.6) is 11.5 Å². The molecular weight excluding hydrogens is 330 g/mol. The molecule has 0 bridgehead atoms. The third kappa shape index (κ3) is 2.91. The van der Waals surface area contributed by atoms with E-state index in [0.29, 0.717) is 36.4 Å². The van der Waals surface area contributed by atoms with Crippen molar-refractivity contribution in [3.63, 3.8) is 0 Å². The maximum absolute atomic E-state index is 12.2. The number of methoxy groups -OCH3 is 2. The molecule has 1 atom stereocenters. The summed E-state index contributed by atoms with van der Waals surface area (Å²) < 4.78 is 10.7. The lowest BCUT2D eigenvalue weighted by Crippen LogP contribution is -2.50. The number of aldehydes is 1. The third-order valence-electron chi connectivity index (χ3n) is 4.56. The van der Waals surface area contributed by atoms with Crippen LogP contribution in [-0.4, -0.2) is 38.4 Å². The van der Waals surface area contributed by atoms with Crippen LogP contribution < -0.4 is 9.47 Å². The van der Waals surface area contributed by atoms with Crippen LogP contribution in [0.4, 0.5) is 0 Å². The number of benzene rings is 2. The lowest BCUT2D eigenvalue weighted by Gasteiger charge is -2.39. The summed E-state index contributed by atoms with van der Waals surface area (Å²) in [6, 6.07) is 12.9. The monoisotopic (exact) mass is 349 g/mol. The van der Waals surface area contributed by atoms with E-state index in [1.165, 1.54) is 12.0 Å². The number of hydrogen-bond acceptors (Lipinski definition) is 4. The summed E-state index contributed by atoms with van der Waals surface area (Å²) in [5.41, 5.74) is 0.972. The van der Waals surface area contributed by atoms with Gasteiger partial charge in [-0.05, 0) is 36.2 Å². The van der Waals surface area contributed by atoms with Gasteiger partial charge in [0.15, 0.2) is 23.3 Å². The standard InChI is InChI=1S/C21H19NO4/c1-25-19-12-17-9-11-22(15-24)21(14-23,18(17)13-20(19)26-2)10-8-16-6-4-3-5-7-16/h3-7,12-15H,9,11H2,1-2H3/t21-/m1/s1. The fourth-order valence-electron chi connectivity index (χ4n) is 3.18. The Morgan fingerprint density at radius 2 is 1.77 bits per heavy atom. The molecule has 0 spiro atoms. The van der Waals surface area contributed by atoms with Crippen molar-refractivity contribution in [2.75, 3.05) is 20.8 Å². The summed E-state index contributed by atoms with van der Waals surface area (Å²) in [4.78, 5) is 25.3. The van der Waals surface area contributed by atoms with Gasteiger partial charge in [-0.15, -0.1) is 0 Å². The molecule has 132 valence electrons. The smallest absolute Gasteiger partial charge is 0.211 e. The molecule has 0 fully saturated rings. The predicted octanol–water partition coefficient (Wildman–Crippen LogP) is 2.16. The molecule has 5 heteroatoms. The van der Waals surface area contributed by atoms with Crippen LogP contribution in [0.25, 0.3) is 0 Å². The fraction of sp³-hybridized carbons (Fsp3) is 0.238. The number of carbonyl (C=O) groups is 2. The molecule has 0 saturated heterocycles. The quantitative estimate of drug-likeness (QED) is 0.627. The highest BCUT2D eigenvalue weighted by molar-refractivity contribution is 5.80. The Hall–Kier alpha value is -3.26. The van der Waals surface area contributed by atoms with E-state index in [4.69, 9.17) is 9.47 Å². The molecule has 0 aromatic heterocycles. The van der Waals surface area contributed by atoms with Gasteiger partial charge < -0.3 is 14.4 Å². The average molecular weight is 349 g/mol. The van der Waals surface area contributed by atoms with Gasteiger partial charge in [0, 0.05) is 17.7 Å². The van der Waals surface area contributed by atoms with Crippen molar-refractivity contribution < 1.29 is 19.1 Å². The first-order valence-corrected chi connectivity index (χ1v) is 8.20. The van der Waals surface area contributed by atoms with E-state index in [1.807, 2.05) is 36.4 Å². The Morgan fingerprint density at radius 3 is 2.38 bits per heavy atom. The van der Waals surface area contributed by atoms with Gasteiger partial charge in [-0.25, -0.2) is 0 Å². The van der Waals surface area contributed by atoms with Crippen LogP contribution in [0, 0.1) is 11.8 Å². The molecule has 1 aliphatic rings. The molecule has 1 amide bonds. The first-order chi connectivity index (χ1) is 12.7. The largest absolute Gasteiger partial charge is 0.493 e. The molecule has 0 radical (unpaired) electrons. The summed E-state index contributed by atoms with van der Waals surface area (Å²) >= 11 is 0. The Balaban J connectivity index is 2.21. The minimum Gasteiger partial charge on any atom is -0.493 e. The SMILES string of the molecule is COc1cc2c(cc1OC)[C@@](C#Cc1ccccc1)(C=O)N(C=O)CC2. The van der Waals surface area contributed by atoms with Crippen molar-refractivity contribution in [3.8, 4) is 23.3 Å². The van der Waals surface area contributed by atoms with Crippen LogP contribution in [0.1, 0.15) is 16.7 Å². The topological polar surface area (TPSA) is 55.8 Å². The lowest BCUT2D eigenvalue weighted by atomic mass is 9.81. The second-order valence-electron chi connectivity index (χ2n) is 5.91. The van der Waals surface area contributed by atoms with Gasteiger partial charge in [0.25, 0.3) is 0 Å². The van der Waals surface area contributed by atoms with Gasteiger partial charge in [-0.1, -0.05) is 30.0 Å². The summed E-state index contributed by atoms with van der Waals surface area (Å²) in [5, 5.41) is 0. The van der Waals surface area contributed by atoms with E-state index in [2.05, 4.69) is 11.8 Å². The van der Waals surface area contributed by atoms with Crippen molar-refractivity contribution in [1.82, 2.24) is 4.90 Å². The molecule has 0 saturated carbocycles. The summed E-state index contributed by atoms with van der Waals surface area (Å²) in [6.07, 6.45) is 2.01. The van der Waals surface area contributed by atoms with Crippen LogP contribution in [0.2, 0.25) is 0 Å². The van der Waals surface area contributed by atoms with Crippen LogP contribution in [0.15, 0.2) is 42.5 Å². The number of amides is 1. The number of hydrogen-bond donors (Lipinski definition) is 0. The minimum atomic E-state index is -1.36. The number of rotatable bonds is 4. The van der Waals surface area contributed by atoms with E-state index < -0.39 is 5.54 Å². The number of carbonyl (C=O) groups excluding carboxylic acids is 2. The van der Waals surface area contributed by atoms with Gasteiger partial charge in [-0.2, -0.15) is 0 Å². The van der Waals surface area contributed by atoms with Crippen LogP contribution >= 0.6 is 0 Å². The molecule has 0 N–H and O–H groups in total. The van der Waals surface area contributed by atoms with Gasteiger partial charge in [0.05, 0.1) is 14.2 Å². The maximum atomic E-state index is 12.2. The highest BCUT2D eigenvalue weighted by Gasteiger charge is 2.42. The van der Waals surface area contributed by atoms with Crippen molar-refractivity contribution in [2.24, 2.45) is 0 Å². The highest BCUT2D eigenvalue weighted by atomic mass is 16.5. The van der Waals surface area contributed by atoms with Gasteiger partial charge >= 0.3 is 0 Å². The van der Waals surface area contributed by atoms with Crippen molar-refractivity contribution in [2.45, 2.75) is 12.0 Å². The molecule has 1 aliphatic heterocycles. The number of ether oxygens (including phenoxy) is 2. The normalized spacial score (nSPS) is 18.2. The van der Waals surface area contributed by atoms with E-state index in [-0.39, 0.29) is 0 Å². The van der Waals surface area contributed by atoms with Gasteiger partial charge in [0.1, 0.15) is 0 Å². The predicted molar refractivity (Wildman–Crippen MR) is 97.1 cm³/mol. The Kier molecular flexibility index (Phi) is 4.94. The summed E-state index contributed by atoms with van der Waals surface area (Å²) in [5.74, 6) is 7.13. The zero-order valence-electron chi connectivity index (χ0n) is 14.7. The molecule has 2 aromatic rings. The maximum Gasteiger partial charge on any atom is 0.211 e. The van der Waals surface area contributed by atoms with Crippen molar-refractivity contribution in [3.05, 3.63) is 59.2 Å². The summed E-state index contributed by atoms with van der Waals surface area (Å²) in [6.45, 7) is 0.397. The highest BCUT2D eigenvalue weighted by Crippen LogP contribution is 2.40. The zero-order chi connectivity index (χ0) is 18.6. The fourth-order valence-corrected chi connectivity index (χ4v) is 3.18. The Bertz CT molecular complexity index is 882. The zero-order valence-corrected chi connectivity index (χ0v) is 14.7. The molecule has 0 unspecified atom stereocenters. The molecule has 3 rings (SSSR count). The molecular formula is C21H19NO4. The number of nitrogens with zero attached hydrogens (tertiary/aromatic N) is 1. The second kappa shape index (κ2) is 7.32. The van der Waals surface area contributed by atoms with Gasteiger partial charge in [-0.3, -0.25) is 9.59 Å². The molecule has 0 aliphatic carbocycles. The first kappa shape index (κ1) is 17.6. The molecule has 1 heterocycles. The Labute approximate surface area is 152 Å². The van der Waals surface area contributed by atoms with Crippen LogP contribution in [0.3, 0.4) is 0 Å². The third-order valence-corrected chi connectivity index (χ3v) is 4.56. The van der Waals surface area contributed by atoms with Crippen molar-refractivity contribution in [1.29, 1.82) is 0 Å². The minimum absolute atomic E-state index is 0.397. The molecule has 26 heavy (non-hydrogen) atoms. The van der Waals surface area contributed by atoms with Gasteiger partial charge in [0.2, 0.25) is 6.41 Å². The van der Waals surface area contributed by atoms with E-state index >= 15 is 0 Å². The van der Waals surface area contributed by atoms with E-state index in [1.54, 1.807) is 13.2 Å². The van der Waals surface area contributed by atoms with E-state index in [0.717, 1.165) is 17.4 Å². The molecule has 5 nitrogen and oxygen atoms in total. The van der Waals surface area contributed by atoms with Crippen molar-refractivity contribution >= 4 is 12.7 Å². The lowest BCUT2D eigenvalue weighted by molar-refractivity contribution is -0.129. The first-order valence-electron chi connectivity index (χ1n) is 8.20.